The van der Waals surface area contributed by atoms with Crippen molar-refractivity contribution in [2.24, 2.45) is 0 Å². The summed E-state index contributed by atoms with van der Waals surface area (Å²) in [6.07, 6.45) is 1.68. The lowest BCUT2D eigenvalue weighted by Crippen LogP contribution is -2.27. The van der Waals surface area contributed by atoms with Gasteiger partial charge in [-0.2, -0.15) is 0 Å². The highest BCUT2D eigenvalue weighted by Gasteiger charge is 2.35. The minimum absolute atomic E-state index is 0.202. The van der Waals surface area contributed by atoms with E-state index in [0.29, 0.717) is 28.0 Å². The van der Waals surface area contributed by atoms with Gasteiger partial charge in [-0.3, -0.25) is 14.5 Å². The second-order valence-electron chi connectivity index (χ2n) is 5.85. The third kappa shape index (κ3) is 4.54. The minimum atomic E-state index is -0.328. The largest absolute Gasteiger partial charge is 0.493 e. The van der Waals surface area contributed by atoms with Crippen LogP contribution in [0, 0.1) is 0 Å². The number of nitrogens with zero attached hydrogens (tertiary/aromatic N) is 1. The van der Waals surface area contributed by atoms with Crippen LogP contribution in [0.15, 0.2) is 45.8 Å². The van der Waals surface area contributed by atoms with Crippen LogP contribution in [-0.2, 0) is 11.3 Å². The van der Waals surface area contributed by atoms with Crippen LogP contribution in [0.3, 0.4) is 0 Å². The molecule has 1 aliphatic rings. The zero-order valence-electron chi connectivity index (χ0n) is 15.2. The van der Waals surface area contributed by atoms with Gasteiger partial charge in [0.25, 0.3) is 11.1 Å². The van der Waals surface area contributed by atoms with E-state index in [1.807, 2.05) is 6.92 Å². The van der Waals surface area contributed by atoms with Crippen LogP contribution >= 0.6 is 39.3 Å². The SMILES string of the molecule is CCOc1cc(C=C2SC(=O)N(Cc3ccc(Cl)cc3)C2=O)c(Br)cc1OC. The van der Waals surface area contributed by atoms with Gasteiger partial charge >= 0.3 is 0 Å². The first kappa shape index (κ1) is 20.8. The van der Waals surface area contributed by atoms with Crippen molar-refractivity contribution in [3.05, 3.63) is 61.9 Å². The molecule has 0 aromatic heterocycles. The molecule has 2 amide bonds. The van der Waals surface area contributed by atoms with Gasteiger partial charge in [-0.05, 0) is 60.2 Å². The molecule has 0 unspecified atom stereocenters. The number of hydrogen-bond donors (Lipinski definition) is 0. The number of hydrogen-bond acceptors (Lipinski definition) is 5. The Balaban J connectivity index is 1.87. The molecule has 0 aliphatic carbocycles. The number of carbonyl (C=O) groups is 2. The summed E-state index contributed by atoms with van der Waals surface area (Å²) in [7, 11) is 1.56. The maximum absolute atomic E-state index is 12.8. The predicted octanol–water partition coefficient (Wildman–Crippen LogP) is 5.75. The van der Waals surface area contributed by atoms with Gasteiger partial charge in [0.2, 0.25) is 0 Å². The summed E-state index contributed by atoms with van der Waals surface area (Å²) in [5.41, 5.74) is 1.55. The molecule has 5 nitrogen and oxygen atoms in total. The molecule has 0 saturated carbocycles. The van der Waals surface area contributed by atoms with Gasteiger partial charge in [-0.15, -0.1) is 0 Å². The highest BCUT2D eigenvalue weighted by atomic mass is 79.9. The van der Waals surface area contributed by atoms with E-state index >= 15 is 0 Å². The van der Waals surface area contributed by atoms with E-state index < -0.39 is 0 Å². The maximum atomic E-state index is 12.8. The number of methoxy groups -OCH3 is 1. The normalized spacial score (nSPS) is 15.4. The van der Waals surface area contributed by atoms with Crippen molar-refractivity contribution in [3.8, 4) is 11.5 Å². The lowest BCUT2D eigenvalue weighted by molar-refractivity contribution is -0.123. The van der Waals surface area contributed by atoms with Crippen molar-refractivity contribution >= 4 is 56.5 Å². The summed E-state index contributed by atoms with van der Waals surface area (Å²) < 4.78 is 11.6. The third-order valence-corrected chi connectivity index (χ3v) is 5.84. The van der Waals surface area contributed by atoms with Gasteiger partial charge < -0.3 is 9.47 Å². The van der Waals surface area contributed by atoms with Crippen LogP contribution in [0.5, 0.6) is 11.5 Å². The van der Waals surface area contributed by atoms with Crippen molar-refractivity contribution in [3.63, 3.8) is 0 Å². The van der Waals surface area contributed by atoms with Gasteiger partial charge in [0.1, 0.15) is 0 Å². The Hall–Kier alpha value is -1.96. The number of thioether (sulfide) groups is 1. The predicted molar refractivity (Wildman–Crippen MR) is 115 cm³/mol. The molecular formula is C20H17BrClNO4S. The second-order valence-corrected chi connectivity index (χ2v) is 8.14. The van der Waals surface area contributed by atoms with Crippen molar-refractivity contribution in [2.45, 2.75) is 13.5 Å². The molecule has 0 bridgehead atoms. The monoisotopic (exact) mass is 481 g/mol. The molecule has 0 radical (unpaired) electrons. The smallest absolute Gasteiger partial charge is 0.293 e. The van der Waals surface area contributed by atoms with E-state index in [1.54, 1.807) is 49.6 Å². The molecule has 28 heavy (non-hydrogen) atoms. The first-order chi connectivity index (χ1) is 13.4. The number of imide groups is 1. The Morgan fingerprint density at radius 1 is 1.18 bits per heavy atom. The molecule has 1 aliphatic heterocycles. The van der Waals surface area contributed by atoms with Gasteiger partial charge in [0.05, 0.1) is 25.2 Å². The number of rotatable bonds is 6. The number of benzene rings is 2. The number of carbonyl (C=O) groups excluding carboxylic acids is 2. The fourth-order valence-corrected chi connectivity index (χ4v) is 4.03. The van der Waals surface area contributed by atoms with E-state index in [9.17, 15) is 9.59 Å². The van der Waals surface area contributed by atoms with E-state index in [2.05, 4.69) is 15.9 Å². The summed E-state index contributed by atoms with van der Waals surface area (Å²) in [6.45, 7) is 2.56. The van der Waals surface area contributed by atoms with Crippen molar-refractivity contribution in [2.75, 3.05) is 13.7 Å². The number of ether oxygens (including phenoxy) is 2. The molecule has 2 aromatic carbocycles. The molecule has 2 aromatic rings. The van der Waals surface area contributed by atoms with Crippen LogP contribution < -0.4 is 9.47 Å². The molecule has 3 rings (SSSR count). The highest BCUT2D eigenvalue weighted by molar-refractivity contribution is 9.10. The Labute approximate surface area is 180 Å². The fraction of sp³-hybridized carbons (Fsp3) is 0.200. The van der Waals surface area contributed by atoms with Crippen LogP contribution in [0.4, 0.5) is 4.79 Å². The first-order valence-corrected chi connectivity index (χ1v) is 10.4. The average Bonchev–Trinajstić information content (AvgIpc) is 2.93. The molecular weight excluding hydrogens is 466 g/mol. The lowest BCUT2D eigenvalue weighted by Gasteiger charge is -2.13. The Kier molecular flexibility index (Phi) is 6.69. The van der Waals surface area contributed by atoms with Crippen LogP contribution in [0.25, 0.3) is 6.08 Å². The van der Waals surface area contributed by atoms with E-state index in [-0.39, 0.29) is 17.7 Å². The van der Waals surface area contributed by atoms with Gasteiger partial charge in [-0.25, -0.2) is 0 Å². The molecule has 0 spiro atoms. The number of amides is 2. The highest BCUT2D eigenvalue weighted by Crippen LogP contribution is 2.38. The average molecular weight is 483 g/mol. The maximum Gasteiger partial charge on any atom is 0.293 e. The lowest BCUT2D eigenvalue weighted by atomic mass is 10.1. The van der Waals surface area contributed by atoms with Crippen LogP contribution in [-0.4, -0.2) is 29.8 Å². The molecule has 0 N–H and O–H groups in total. The number of halogens is 2. The summed E-state index contributed by atoms with van der Waals surface area (Å²) in [4.78, 5) is 26.7. The summed E-state index contributed by atoms with van der Waals surface area (Å²) in [6, 6.07) is 10.6. The Morgan fingerprint density at radius 2 is 1.89 bits per heavy atom. The van der Waals surface area contributed by atoms with E-state index in [4.69, 9.17) is 21.1 Å². The van der Waals surface area contributed by atoms with Gasteiger partial charge in [0, 0.05) is 9.50 Å². The molecule has 1 fully saturated rings. The topological polar surface area (TPSA) is 55.8 Å². The van der Waals surface area contributed by atoms with Crippen molar-refractivity contribution in [1.29, 1.82) is 0 Å². The summed E-state index contributed by atoms with van der Waals surface area (Å²) >= 11 is 10.3. The first-order valence-electron chi connectivity index (χ1n) is 8.43. The zero-order chi connectivity index (χ0) is 20.3. The molecule has 8 heteroatoms. The Bertz CT molecular complexity index is 946. The summed E-state index contributed by atoms with van der Waals surface area (Å²) in [5.74, 6) is 0.826. The molecule has 1 heterocycles. The molecule has 0 atom stereocenters. The van der Waals surface area contributed by atoms with Crippen molar-refractivity contribution < 1.29 is 19.1 Å². The zero-order valence-corrected chi connectivity index (χ0v) is 18.4. The minimum Gasteiger partial charge on any atom is -0.493 e. The quantitative estimate of drug-likeness (QED) is 0.491. The standard InChI is InChI=1S/C20H17BrClNO4S/c1-3-27-17-8-13(15(21)10-16(17)26-2)9-18-19(24)23(20(25)28-18)11-12-4-6-14(22)7-5-12/h4-10H,3,11H2,1-2H3. The van der Waals surface area contributed by atoms with Crippen LogP contribution in [0.1, 0.15) is 18.1 Å². The molecule has 146 valence electrons. The van der Waals surface area contributed by atoms with Gasteiger partial charge in [0.15, 0.2) is 11.5 Å². The summed E-state index contributed by atoms with van der Waals surface area (Å²) in [5, 5.41) is 0.299. The third-order valence-electron chi connectivity index (χ3n) is 4.00. The molecule has 1 saturated heterocycles. The Morgan fingerprint density at radius 3 is 2.54 bits per heavy atom. The van der Waals surface area contributed by atoms with Crippen molar-refractivity contribution in [1.82, 2.24) is 4.90 Å². The van der Waals surface area contributed by atoms with E-state index in [0.717, 1.165) is 27.4 Å². The van der Waals surface area contributed by atoms with Crippen LogP contribution in [0.2, 0.25) is 5.02 Å². The second kappa shape index (κ2) is 9.03. The fourth-order valence-electron chi connectivity index (χ4n) is 2.64. The van der Waals surface area contributed by atoms with E-state index in [1.165, 1.54) is 4.90 Å². The van der Waals surface area contributed by atoms with Gasteiger partial charge in [-0.1, -0.05) is 39.7 Å².